The molecule has 0 bridgehead atoms. The Morgan fingerprint density at radius 1 is 1.17 bits per heavy atom. The molecule has 2 heterocycles. The van der Waals surface area contributed by atoms with Crippen LogP contribution in [-0.4, -0.2) is 58.5 Å². The Kier molecular flexibility index (Phi) is 7.06. The summed E-state index contributed by atoms with van der Waals surface area (Å²) < 4.78 is 12.6. The zero-order valence-corrected chi connectivity index (χ0v) is 19.0. The van der Waals surface area contributed by atoms with E-state index in [-0.39, 0.29) is 24.7 Å². The zero-order valence-electron chi connectivity index (χ0n) is 17.4. The first kappa shape index (κ1) is 22.6. The van der Waals surface area contributed by atoms with Crippen LogP contribution in [0.3, 0.4) is 0 Å². The van der Waals surface area contributed by atoms with Gasteiger partial charge in [0, 0.05) is 28.7 Å². The number of rotatable bonds is 5. The maximum Gasteiger partial charge on any atom is 0.342 e. The fourth-order valence-corrected chi connectivity index (χ4v) is 4.17. The molecule has 1 amide bonds. The number of morpholine rings is 1. The lowest BCUT2D eigenvalue weighted by Crippen LogP contribution is -2.49. The van der Waals surface area contributed by atoms with Crippen molar-refractivity contribution in [2.45, 2.75) is 46.4 Å². The molecule has 1 aliphatic rings. The van der Waals surface area contributed by atoms with Crippen LogP contribution < -0.4 is 0 Å². The fraction of sp³-hybridized carbons (Fsp3) is 0.476. The highest BCUT2D eigenvalue weighted by atomic mass is 35.5. The SMILES string of the molecule is Cc1nn(Cc2c(Cl)cccc2Cl)c(C)c1C(=O)OCC(=O)N1CC(C)OC(C)C1. The molecule has 2 atom stereocenters. The van der Waals surface area contributed by atoms with E-state index < -0.39 is 5.97 Å². The highest BCUT2D eigenvalue weighted by molar-refractivity contribution is 6.35. The molecule has 1 fully saturated rings. The van der Waals surface area contributed by atoms with Gasteiger partial charge in [-0.1, -0.05) is 29.3 Å². The van der Waals surface area contributed by atoms with Crippen LogP contribution in [0.4, 0.5) is 0 Å². The second-order valence-electron chi connectivity index (χ2n) is 7.54. The van der Waals surface area contributed by atoms with Gasteiger partial charge in [-0.25, -0.2) is 4.79 Å². The number of halogens is 2. The number of hydrogen-bond acceptors (Lipinski definition) is 5. The number of ether oxygens (including phenoxy) is 2. The van der Waals surface area contributed by atoms with Crippen LogP contribution in [0.25, 0.3) is 0 Å². The third-order valence-corrected chi connectivity index (χ3v) is 5.76. The summed E-state index contributed by atoms with van der Waals surface area (Å²) in [6.45, 7) is 8.28. The number of aromatic nitrogens is 2. The van der Waals surface area contributed by atoms with Crippen molar-refractivity contribution in [2.24, 2.45) is 0 Å². The van der Waals surface area contributed by atoms with Crippen LogP contribution in [0.1, 0.15) is 41.2 Å². The lowest BCUT2D eigenvalue weighted by atomic mass is 10.2. The predicted molar refractivity (Wildman–Crippen MR) is 114 cm³/mol. The quantitative estimate of drug-likeness (QED) is 0.645. The molecule has 0 spiro atoms. The molecule has 1 aliphatic heterocycles. The van der Waals surface area contributed by atoms with Crippen molar-refractivity contribution < 1.29 is 19.1 Å². The van der Waals surface area contributed by atoms with Gasteiger partial charge in [0.25, 0.3) is 5.91 Å². The summed E-state index contributed by atoms with van der Waals surface area (Å²) in [7, 11) is 0. The molecule has 2 unspecified atom stereocenters. The molecular formula is C21H25Cl2N3O4. The maximum absolute atomic E-state index is 12.7. The van der Waals surface area contributed by atoms with E-state index in [0.717, 1.165) is 5.56 Å². The summed E-state index contributed by atoms with van der Waals surface area (Å²) in [5.74, 6) is -0.819. The smallest absolute Gasteiger partial charge is 0.342 e. The Morgan fingerprint density at radius 3 is 2.37 bits per heavy atom. The van der Waals surface area contributed by atoms with E-state index in [4.69, 9.17) is 32.7 Å². The molecule has 1 saturated heterocycles. The van der Waals surface area contributed by atoms with Crippen LogP contribution >= 0.6 is 23.2 Å². The van der Waals surface area contributed by atoms with E-state index in [1.165, 1.54) is 0 Å². The second kappa shape index (κ2) is 9.37. The molecule has 7 nitrogen and oxygen atoms in total. The summed E-state index contributed by atoms with van der Waals surface area (Å²) in [4.78, 5) is 26.8. The van der Waals surface area contributed by atoms with Crippen molar-refractivity contribution in [1.82, 2.24) is 14.7 Å². The number of carbonyl (C=O) groups is 2. The minimum atomic E-state index is -0.579. The van der Waals surface area contributed by atoms with Crippen molar-refractivity contribution in [1.29, 1.82) is 0 Å². The molecular weight excluding hydrogens is 429 g/mol. The standard InChI is InChI=1S/C21H25Cl2N3O4/c1-12-8-25(9-13(2)30-12)19(27)11-29-21(28)20-14(3)24-26(15(20)4)10-16-17(22)6-5-7-18(16)23/h5-7,12-13H,8-11H2,1-4H3. The van der Waals surface area contributed by atoms with Crippen LogP contribution in [0, 0.1) is 13.8 Å². The van der Waals surface area contributed by atoms with Gasteiger partial charge in [-0.3, -0.25) is 9.48 Å². The van der Waals surface area contributed by atoms with Crippen LogP contribution in [-0.2, 0) is 20.8 Å². The Labute approximate surface area is 185 Å². The van der Waals surface area contributed by atoms with E-state index in [0.29, 0.717) is 46.6 Å². The number of esters is 1. The number of benzene rings is 1. The highest BCUT2D eigenvalue weighted by Crippen LogP contribution is 2.26. The summed E-state index contributed by atoms with van der Waals surface area (Å²) in [5.41, 5.74) is 2.20. The molecule has 9 heteroatoms. The average molecular weight is 454 g/mol. The van der Waals surface area contributed by atoms with Crippen LogP contribution in [0.15, 0.2) is 18.2 Å². The highest BCUT2D eigenvalue weighted by Gasteiger charge is 2.27. The first-order valence-corrected chi connectivity index (χ1v) is 10.5. The summed E-state index contributed by atoms with van der Waals surface area (Å²) >= 11 is 12.5. The minimum Gasteiger partial charge on any atom is -0.452 e. The molecule has 1 aromatic heterocycles. The van der Waals surface area contributed by atoms with Gasteiger partial charge >= 0.3 is 5.97 Å². The van der Waals surface area contributed by atoms with Crippen LogP contribution in [0.2, 0.25) is 10.0 Å². The van der Waals surface area contributed by atoms with Gasteiger partial charge in [-0.2, -0.15) is 5.10 Å². The third-order valence-electron chi connectivity index (χ3n) is 5.05. The van der Waals surface area contributed by atoms with Gasteiger partial charge in [0.15, 0.2) is 6.61 Å². The lowest BCUT2D eigenvalue weighted by Gasteiger charge is -2.35. The summed E-state index contributed by atoms with van der Waals surface area (Å²) in [6.07, 6.45) is -0.0967. The Balaban J connectivity index is 1.69. The molecule has 3 rings (SSSR count). The number of aryl methyl sites for hydroxylation is 1. The Bertz CT molecular complexity index is 930. The van der Waals surface area contributed by atoms with Crippen molar-refractivity contribution in [3.63, 3.8) is 0 Å². The zero-order chi connectivity index (χ0) is 22.0. The van der Waals surface area contributed by atoms with Gasteiger partial charge in [0.05, 0.1) is 30.1 Å². The van der Waals surface area contributed by atoms with Gasteiger partial charge in [-0.05, 0) is 39.8 Å². The largest absolute Gasteiger partial charge is 0.452 e. The summed E-state index contributed by atoms with van der Waals surface area (Å²) in [5, 5.41) is 5.49. The predicted octanol–water partition coefficient (Wildman–Crippen LogP) is 3.65. The molecule has 162 valence electrons. The number of carbonyl (C=O) groups excluding carboxylic acids is 2. The molecule has 0 N–H and O–H groups in total. The number of amides is 1. The number of hydrogen-bond donors (Lipinski definition) is 0. The van der Waals surface area contributed by atoms with Gasteiger partial charge in [-0.15, -0.1) is 0 Å². The first-order chi connectivity index (χ1) is 14.2. The molecule has 1 aromatic carbocycles. The van der Waals surface area contributed by atoms with E-state index in [9.17, 15) is 9.59 Å². The normalized spacial score (nSPS) is 19.1. The van der Waals surface area contributed by atoms with E-state index in [1.54, 1.807) is 41.6 Å². The van der Waals surface area contributed by atoms with E-state index in [1.807, 2.05) is 13.8 Å². The van der Waals surface area contributed by atoms with Crippen molar-refractivity contribution >= 4 is 35.1 Å². The monoisotopic (exact) mass is 453 g/mol. The molecule has 0 saturated carbocycles. The van der Waals surface area contributed by atoms with Crippen molar-refractivity contribution in [3.05, 3.63) is 50.8 Å². The van der Waals surface area contributed by atoms with Gasteiger partial charge in [0.1, 0.15) is 5.56 Å². The van der Waals surface area contributed by atoms with Crippen molar-refractivity contribution in [2.75, 3.05) is 19.7 Å². The van der Waals surface area contributed by atoms with E-state index >= 15 is 0 Å². The third kappa shape index (κ3) is 4.96. The summed E-state index contributed by atoms with van der Waals surface area (Å²) in [6, 6.07) is 5.27. The fourth-order valence-electron chi connectivity index (χ4n) is 3.65. The van der Waals surface area contributed by atoms with Gasteiger partial charge < -0.3 is 14.4 Å². The topological polar surface area (TPSA) is 73.7 Å². The minimum absolute atomic E-state index is 0.0484. The number of nitrogens with zero attached hydrogens (tertiary/aromatic N) is 3. The molecule has 2 aromatic rings. The van der Waals surface area contributed by atoms with Gasteiger partial charge in [0.2, 0.25) is 0 Å². The molecule has 0 radical (unpaired) electrons. The van der Waals surface area contributed by atoms with Crippen LogP contribution in [0.5, 0.6) is 0 Å². The maximum atomic E-state index is 12.7. The molecule has 0 aliphatic carbocycles. The Morgan fingerprint density at radius 2 is 1.77 bits per heavy atom. The second-order valence-corrected chi connectivity index (χ2v) is 8.35. The molecule has 30 heavy (non-hydrogen) atoms. The van der Waals surface area contributed by atoms with Crippen molar-refractivity contribution in [3.8, 4) is 0 Å². The first-order valence-electron chi connectivity index (χ1n) is 9.74. The Hall–Kier alpha value is -2.09. The average Bonchev–Trinajstić information content (AvgIpc) is 2.95. The lowest BCUT2D eigenvalue weighted by molar-refractivity contribution is -0.146. The van der Waals surface area contributed by atoms with E-state index in [2.05, 4.69) is 5.10 Å².